The quantitative estimate of drug-likeness (QED) is 0.331. The number of rotatable bonds is 16. The summed E-state index contributed by atoms with van der Waals surface area (Å²) in [6.07, 6.45) is 20.8. The third-order valence-electron chi connectivity index (χ3n) is 4.02. The molecule has 2 heteroatoms. The minimum absolute atomic E-state index is 0.369. The van der Waals surface area contributed by atoms with Crippen molar-refractivity contribution in [3.05, 3.63) is 0 Å². The predicted molar refractivity (Wildman–Crippen MR) is 99.4 cm³/mol. The molecule has 0 saturated heterocycles. The minimum Gasteiger partial charge on any atom is -0.396 e. The molecule has 0 aromatic rings. The Balaban J connectivity index is 0. The maximum Gasteiger partial charge on any atom is 0.0431 e. The molecule has 0 aliphatic carbocycles. The number of unbranched alkanes of at least 4 members (excludes halogenated alkanes) is 14. The largest absolute Gasteiger partial charge is 0.396 e. The van der Waals surface area contributed by atoms with Crippen molar-refractivity contribution in [3.8, 4) is 0 Å². The Bertz CT molecular complexity index is 142. The number of aliphatic hydroxyl groups is 2. The third kappa shape index (κ3) is 28.1. The van der Waals surface area contributed by atoms with Crippen LogP contribution in [0.5, 0.6) is 0 Å². The van der Waals surface area contributed by atoms with Gasteiger partial charge in [-0.3, -0.25) is 0 Å². The van der Waals surface area contributed by atoms with Crippen LogP contribution in [-0.2, 0) is 0 Å². The first-order chi connectivity index (χ1) is 10.8. The molecule has 0 atom stereocenters. The van der Waals surface area contributed by atoms with E-state index in [0.717, 1.165) is 12.8 Å². The van der Waals surface area contributed by atoms with Crippen LogP contribution in [0, 0.1) is 0 Å². The zero-order chi connectivity index (χ0) is 16.7. The van der Waals surface area contributed by atoms with Gasteiger partial charge < -0.3 is 10.2 Å². The third-order valence-corrected chi connectivity index (χ3v) is 4.02. The van der Waals surface area contributed by atoms with Gasteiger partial charge in [-0.1, -0.05) is 104 Å². The standard InChI is InChI=1S/C11H24O.C9H20O/c1-2-3-4-5-6-7-8-9-10-11-12;1-2-3-4-5-6-7-8-9-10/h12H,2-11H2,1H3;10H,2-9H2,1H3. The van der Waals surface area contributed by atoms with Crippen LogP contribution in [0.4, 0.5) is 0 Å². The van der Waals surface area contributed by atoms with Crippen LogP contribution in [-0.4, -0.2) is 23.4 Å². The molecule has 0 aromatic heterocycles. The fourth-order valence-corrected chi connectivity index (χ4v) is 2.49. The van der Waals surface area contributed by atoms with E-state index in [-0.39, 0.29) is 0 Å². The number of hydrogen-bond donors (Lipinski definition) is 2. The van der Waals surface area contributed by atoms with E-state index in [1.54, 1.807) is 0 Å². The second-order valence-electron chi connectivity index (χ2n) is 6.40. The highest BCUT2D eigenvalue weighted by Gasteiger charge is 1.90. The zero-order valence-electron chi connectivity index (χ0n) is 15.6. The van der Waals surface area contributed by atoms with Gasteiger partial charge in [0.1, 0.15) is 0 Å². The second kappa shape index (κ2) is 25.9. The average Bonchev–Trinajstić information content (AvgIpc) is 2.54. The minimum atomic E-state index is 0.369. The first-order valence-electron chi connectivity index (χ1n) is 10.0. The van der Waals surface area contributed by atoms with E-state index in [0.29, 0.717) is 13.2 Å². The maximum absolute atomic E-state index is 8.54. The predicted octanol–water partition coefficient (Wildman–Crippen LogP) is 6.24. The van der Waals surface area contributed by atoms with Gasteiger partial charge in [-0.2, -0.15) is 0 Å². The van der Waals surface area contributed by atoms with Crippen LogP contribution >= 0.6 is 0 Å². The van der Waals surface area contributed by atoms with Crippen molar-refractivity contribution < 1.29 is 10.2 Å². The molecule has 136 valence electrons. The van der Waals surface area contributed by atoms with Crippen molar-refractivity contribution in [3.63, 3.8) is 0 Å². The van der Waals surface area contributed by atoms with Crippen LogP contribution in [0.25, 0.3) is 0 Å². The monoisotopic (exact) mass is 316 g/mol. The van der Waals surface area contributed by atoms with Crippen LogP contribution < -0.4 is 0 Å². The summed E-state index contributed by atoms with van der Waals surface area (Å²) >= 11 is 0. The Labute approximate surface area is 140 Å². The highest BCUT2D eigenvalue weighted by atomic mass is 16.3. The van der Waals surface area contributed by atoms with Crippen molar-refractivity contribution in [1.29, 1.82) is 0 Å². The molecule has 2 N–H and O–H groups in total. The molecule has 0 bridgehead atoms. The molecule has 0 saturated carbocycles. The lowest BCUT2D eigenvalue weighted by Crippen LogP contribution is -1.84. The lowest BCUT2D eigenvalue weighted by molar-refractivity contribution is 0.282. The normalized spacial score (nSPS) is 10.4. The summed E-state index contributed by atoms with van der Waals surface area (Å²) in [5.41, 5.74) is 0. The molecule has 0 radical (unpaired) electrons. The Kier molecular flexibility index (Phi) is 28.4. The van der Waals surface area contributed by atoms with Gasteiger partial charge in [-0.15, -0.1) is 0 Å². The second-order valence-corrected chi connectivity index (χ2v) is 6.40. The summed E-state index contributed by atoms with van der Waals surface area (Å²) in [4.78, 5) is 0. The van der Waals surface area contributed by atoms with E-state index in [4.69, 9.17) is 10.2 Å². The van der Waals surface area contributed by atoms with Gasteiger partial charge in [0.2, 0.25) is 0 Å². The number of hydrogen-bond acceptors (Lipinski definition) is 2. The van der Waals surface area contributed by atoms with Crippen LogP contribution in [0.1, 0.15) is 117 Å². The topological polar surface area (TPSA) is 40.5 Å². The van der Waals surface area contributed by atoms with E-state index in [9.17, 15) is 0 Å². The van der Waals surface area contributed by atoms with Crippen LogP contribution in [0.2, 0.25) is 0 Å². The molecule has 0 rings (SSSR count). The van der Waals surface area contributed by atoms with E-state index >= 15 is 0 Å². The van der Waals surface area contributed by atoms with E-state index in [1.807, 2.05) is 0 Å². The van der Waals surface area contributed by atoms with Gasteiger partial charge in [0.05, 0.1) is 0 Å². The lowest BCUT2D eigenvalue weighted by atomic mass is 10.1. The van der Waals surface area contributed by atoms with E-state index < -0.39 is 0 Å². The van der Waals surface area contributed by atoms with Gasteiger partial charge in [-0.25, -0.2) is 0 Å². The summed E-state index contributed by atoms with van der Waals surface area (Å²) in [6, 6.07) is 0. The van der Waals surface area contributed by atoms with Gasteiger partial charge in [0.25, 0.3) is 0 Å². The molecule has 0 unspecified atom stereocenters. The van der Waals surface area contributed by atoms with Gasteiger partial charge in [-0.05, 0) is 12.8 Å². The molecule has 0 amide bonds. The van der Waals surface area contributed by atoms with Gasteiger partial charge in [0.15, 0.2) is 0 Å². The molecule has 0 aliphatic heterocycles. The van der Waals surface area contributed by atoms with Crippen molar-refractivity contribution in [2.45, 2.75) is 117 Å². The Morgan fingerprint density at radius 1 is 0.364 bits per heavy atom. The molecule has 2 nitrogen and oxygen atoms in total. The fraction of sp³-hybridized carbons (Fsp3) is 1.00. The summed E-state index contributed by atoms with van der Waals surface area (Å²) < 4.78 is 0. The molecule has 0 fully saturated rings. The van der Waals surface area contributed by atoms with Crippen LogP contribution in [0.15, 0.2) is 0 Å². The molecular weight excluding hydrogens is 272 g/mol. The Hall–Kier alpha value is -0.0800. The average molecular weight is 317 g/mol. The van der Waals surface area contributed by atoms with Crippen LogP contribution in [0.3, 0.4) is 0 Å². The maximum atomic E-state index is 8.54. The van der Waals surface area contributed by atoms with Gasteiger partial charge in [0, 0.05) is 13.2 Å². The summed E-state index contributed by atoms with van der Waals surface area (Å²) in [6.45, 7) is 5.22. The summed E-state index contributed by atoms with van der Waals surface area (Å²) in [7, 11) is 0. The van der Waals surface area contributed by atoms with E-state index in [1.165, 1.54) is 89.9 Å². The number of aliphatic hydroxyl groups excluding tert-OH is 2. The highest BCUT2D eigenvalue weighted by Crippen LogP contribution is 2.09. The summed E-state index contributed by atoms with van der Waals surface area (Å²) in [5.74, 6) is 0. The Morgan fingerprint density at radius 3 is 0.818 bits per heavy atom. The zero-order valence-corrected chi connectivity index (χ0v) is 15.6. The van der Waals surface area contributed by atoms with Crippen molar-refractivity contribution in [2.75, 3.05) is 13.2 Å². The molecule has 0 heterocycles. The molecule has 22 heavy (non-hydrogen) atoms. The molecule has 0 aromatic carbocycles. The molecular formula is C20H44O2. The highest BCUT2D eigenvalue weighted by molar-refractivity contribution is 4.46. The SMILES string of the molecule is CCCCCCCCCCCO.CCCCCCCCCO. The van der Waals surface area contributed by atoms with Crippen molar-refractivity contribution >= 4 is 0 Å². The van der Waals surface area contributed by atoms with Crippen molar-refractivity contribution in [2.24, 2.45) is 0 Å². The fourth-order valence-electron chi connectivity index (χ4n) is 2.49. The molecule has 0 aliphatic rings. The van der Waals surface area contributed by atoms with Gasteiger partial charge >= 0.3 is 0 Å². The summed E-state index contributed by atoms with van der Waals surface area (Å²) in [5, 5.41) is 17.0. The van der Waals surface area contributed by atoms with Crippen molar-refractivity contribution in [1.82, 2.24) is 0 Å². The Morgan fingerprint density at radius 2 is 0.591 bits per heavy atom. The lowest BCUT2D eigenvalue weighted by Gasteiger charge is -1.99. The first kappa shape index (κ1) is 24.2. The molecule has 0 spiro atoms. The van der Waals surface area contributed by atoms with E-state index in [2.05, 4.69) is 13.8 Å². The first-order valence-corrected chi connectivity index (χ1v) is 10.0. The smallest absolute Gasteiger partial charge is 0.0431 e.